The first kappa shape index (κ1) is 14.2. The summed E-state index contributed by atoms with van der Waals surface area (Å²) in [6, 6.07) is 8.80. The summed E-state index contributed by atoms with van der Waals surface area (Å²) >= 11 is 0. The highest BCUT2D eigenvalue weighted by Gasteiger charge is 2.30. The zero-order valence-corrected chi connectivity index (χ0v) is 10.3. The minimum Gasteiger partial charge on any atom is -0.397 e. The molecule has 2 rings (SSSR count). The summed E-state index contributed by atoms with van der Waals surface area (Å²) in [7, 11) is 0. The Balaban J connectivity index is 2.11. The molecule has 0 saturated heterocycles. The van der Waals surface area contributed by atoms with E-state index >= 15 is 0 Å². The zero-order chi connectivity index (χ0) is 14.8. The number of hydrogen-bond acceptors (Lipinski definition) is 2. The van der Waals surface area contributed by atoms with Crippen molar-refractivity contribution in [2.45, 2.75) is 12.7 Å². The van der Waals surface area contributed by atoms with E-state index < -0.39 is 17.6 Å². The Kier molecular flexibility index (Phi) is 3.83. The minimum atomic E-state index is -4.37. The average Bonchev–Trinajstić information content (AvgIpc) is 2.37. The molecule has 3 N–H and O–H groups in total. The quantitative estimate of drug-likeness (QED) is 0.659. The van der Waals surface area contributed by atoms with Crippen LogP contribution in [0.15, 0.2) is 42.5 Å². The van der Waals surface area contributed by atoms with Crippen molar-refractivity contribution < 1.29 is 17.6 Å². The number of nitrogens with two attached hydrogens (primary N) is 1. The SMILES string of the molecule is Nc1cc(F)ccc1NCc1cccc(C(F)(F)F)c1. The van der Waals surface area contributed by atoms with Gasteiger partial charge in [0.25, 0.3) is 0 Å². The van der Waals surface area contributed by atoms with Gasteiger partial charge in [-0.2, -0.15) is 13.2 Å². The Morgan fingerprint density at radius 2 is 1.80 bits per heavy atom. The van der Waals surface area contributed by atoms with E-state index in [-0.39, 0.29) is 12.2 Å². The first-order valence-corrected chi connectivity index (χ1v) is 5.81. The van der Waals surface area contributed by atoms with Gasteiger partial charge in [0.2, 0.25) is 0 Å². The second kappa shape index (κ2) is 5.40. The molecule has 2 aromatic carbocycles. The summed E-state index contributed by atoms with van der Waals surface area (Å²) in [5, 5.41) is 2.88. The second-order valence-electron chi connectivity index (χ2n) is 4.28. The molecule has 0 unspecified atom stereocenters. The third-order valence-electron chi connectivity index (χ3n) is 2.75. The summed E-state index contributed by atoms with van der Waals surface area (Å²) in [6.45, 7) is 0.166. The van der Waals surface area contributed by atoms with E-state index in [4.69, 9.17) is 5.73 Å². The largest absolute Gasteiger partial charge is 0.416 e. The molecule has 0 aromatic heterocycles. The van der Waals surface area contributed by atoms with E-state index in [2.05, 4.69) is 5.32 Å². The van der Waals surface area contributed by atoms with Crippen LogP contribution in [0.2, 0.25) is 0 Å². The Labute approximate surface area is 113 Å². The van der Waals surface area contributed by atoms with Gasteiger partial charge in [-0.05, 0) is 35.9 Å². The maximum absolute atomic E-state index is 12.9. The van der Waals surface area contributed by atoms with Gasteiger partial charge < -0.3 is 11.1 Å². The molecule has 0 fully saturated rings. The van der Waals surface area contributed by atoms with E-state index in [1.54, 1.807) is 6.07 Å². The lowest BCUT2D eigenvalue weighted by atomic mass is 10.1. The fourth-order valence-electron chi connectivity index (χ4n) is 1.75. The molecule has 106 valence electrons. The number of hydrogen-bond donors (Lipinski definition) is 2. The van der Waals surface area contributed by atoms with Crippen LogP contribution in [-0.4, -0.2) is 0 Å². The van der Waals surface area contributed by atoms with Gasteiger partial charge in [0.15, 0.2) is 0 Å². The lowest BCUT2D eigenvalue weighted by Gasteiger charge is -2.11. The number of nitrogens with one attached hydrogen (secondary N) is 1. The molecular formula is C14H12F4N2. The normalized spacial score (nSPS) is 11.4. The molecule has 0 saturated carbocycles. The van der Waals surface area contributed by atoms with Crippen LogP contribution in [0, 0.1) is 5.82 Å². The van der Waals surface area contributed by atoms with Crippen LogP contribution < -0.4 is 11.1 Å². The fourth-order valence-corrected chi connectivity index (χ4v) is 1.75. The molecule has 0 bridgehead atoms. The minimum absolute atomic E-state index is 0.166. The van der Waals surface area contributed by atoms with Crippen molar-refractivity contribution in [2.75, 3.05) is 11.1 Å². The third kappa shape index (κ3) is 3.40. The predicted molar refractivity (Wildman–Crippen MR) is 69.6 cm³/mol. The molecule has 0 atom stereocenters. The van der Waals surface area contributed by atoms with Gasteiger partial charge in [-0.25, -0.2) is 4.39 Å². The van der Waals surface area contributed by atoms with E-state index in [0.29, 0.717) is 11.3 Å². The number of halogens is 4. The molecule has 0 aliphatic heterocycles. The van der Waals surface area contributed by atoms with Crippen LogP contribution in [0.1, 0.15) is 11.1 Å². The maximum Gasteiger partial charge on any atom is 0.416 e. The summed E-state index contributed by atoms with van der Waals surface area (Å²) in [5.74, 6) is -0.466. The fraction of sp³-hybridized carbons (Fsp3) is 0.143. The Bertz CT molecular complexity index is 608. The first-order valence-electron chi connectivity index (χ1n) is 5.81. The van der Waals surface area contributed by atoms with Gasteiger partial charge in [-0.1, -0.05) is 12.1 Å². The van der Waals surface area contributed by atoms with Crippen molar-refractivity contribution in [2.24, 2.45) is 0 Å². The van der Waals surface area contributed by atoms with Crippen molar-refractivity contribution in [3.05, 3.63) is 59.4 Å². The van der Waals surface area contributed by atoms with Crippen molar-refractivity contribution in [3.63, 3.8) is 0 Å². The standard InChI is InChI=1S/C14H12F4N2/c15-11-4-5-13(12(19)7-11)20-8-9-2-1-3-10(6-9)14(16,17)18/h1-7,20H,8,19H2. The van der Waals surface area contributed by atoms with E-state index in [1.165, 1.54) is 18.2 Å². The highest BCUT2D eigenvalue weighted by Crippen LogP contribution is 2.29. The van der Waals surface area contributed by atoms with Gasteiger partial charge in [0, 0.05) is 6.54 Å². The lowest BCUT2D eigenvalue weighted by Crippen LogP contribution is -2.07. The molecule has 0 radical (unpaired) electrons. The van der Waals surface area contributed by atoms with Gasteiger partial charge in [-0.3, -0.25) is 0 Å². The van der Waals surface area contributed by atoms with Crippen LogP contribution in [0.5, 0.6) is 0 Å². The third-order valence-corrected chi connectivity index (χ3v) is 2.75. The monoisotopic (exact) mass is 284 g/mol. The molecule has 0 aliphatic rings. The summed E-state index contributed by atoms with van der Waals surface area (Å²) in [6.07, 6.45) is -4.37. The molecular weight excluding hydrogens is 272 g/mol. The van der Waals surface area contributed by atoms with Crippen LogP contribution in [0.4, 0.5) is 28.9 Å². The Morgan fingerprint density at radius 3 is 2.45 bits per heavy atom. The van der Waals surface area contributed by atoms with Gasteiger partial charge in [0.1, 0.15) is 5.82 Å². The van der Waals surface area contributed by atoms with Crippen molar-refractivity contribution in [1.29, 1.82) is 0 Å². The summed E-state index contributed by atoms with van der Waals surface area (Å²) in [5.41, 5.74) is 6.04. The highest BCUT2D eigenvalue weighted by atomic mass is 19.4. The number of benzene rings is 2. The van der Waals surface area contributed by atoms with Crippen LogP contribution in [0.25, 0.3) is 0 Å². The molecule has 0 heterocycles. The average molecular weight is 284 g/mol. The molecule has 2 nitrogen and oxygen atoms in total. The van der Waals surface area contributed by atoms with E-state index in [9.17, 15) is 17.6 Å². The van der Waals surface area contributed by atoms with E-state index in [1.807, 2.05) is 0 Å². The van der Waals surface area contributed by atoms with Crippen LogP contribution in [0.3, 0.4) is 0 Å². The first-order chi connectivity index (χ1) is 9.36. The lowest BCUT2D eigenvalue weighted by molar-refractivity contribution is -0.137. The number of alkyl halides is 3. The molecule has 0 aliphatic carbocycles. The van der Waals surface area contributed by atoms with Gasteiger partial charge in [0.05, 0.1) is 16.9 Å². The zero-order valence-electron chi connectivity index (χ0n) is 10.3. The topological polar surface area (TPSA) is 38.0 Å². The molecule has 0 spiro atoms. The summed E-state index contributed by atoms with van der Waals surface area (Å²) in [4.78, 5) is 0. The predicted octanol–water partition coefficient (Wildman–Crippen LogP) is 4.04. The number of anilines is 2. The van der Waals surface area contributed by atoms with Crippen molar-refractivity contribution in [1.82, 2.24) is 0 Å². The van der Waals surface area contributed by atoms with Crippen LogP contribution in [-0.2, 0) is 12.7 Å². The number of nitrogen functional groups attached to an aromatic ring is 1. The second-order valence-corrected chi connectivity index (χ2v) is 4.28. The Morgan fingerprint density at radius 1 is 1.05 bits per heavy atom. The van der Waals surface area contributed by atoms with Gasteiger partial charge >= 0.3 is 6.18 Å². The molecule has 6 heteroatoms. The number of rotatable bonds is 3. The molecule has 2 aromatic rings. The molecule has 20 heavy (non-hydrogen) atoms. The Hall–Kier alpha value is -2.24. The molecule has 0 amide bonds. The summed E-state index contributed by atoms with van der Waals surface area (Å²) < 4.78 is 50.5. The smallest absolute Gasteiger partial charge is 0.397 e. The van der Waals surface area contributed by atoms with Crippen molar-refractivity contribution in [3.8, 4) is 0 Å². The highest BCUT2D eigenvalue weighted by molar-refractivity contribution is 5.65. The maximum atomic E-state index is 12.9. The van der Waals surface area contributed by atoms with Crippen molar-refractivity contribution >= 4 is 11.4 Å². The van der Waals surface area contributed by atoms with Crippen LogP contribution >= 0.6 is 0 Å². The van der Waals surface area contributed by atoms with E-state index in [0.717, 1.165) is 18.2 Å². The van der Waals surface area contributed by atoms with Gasteiger partial charge in [-0.15, -0.1) is 0 Å².